The van der Waals surface area contributed by atoms with Crippen LogP contribution in [-0.4, -0.2) is 17.9 Å². The average Bonchev–Trinajstić information content (AvgIpc) is 2.69. The number of benzene rings is 3. The first-order valence-corrected chi connectivity index (χ1v) is 8.53. The van der Waals surface area contributed by atoms with Gasteiger partial charge >= 0.3 is 0 Å². The molecule has 0 aliphatic heterocycles. The third-order valence-electron chi connectivity index (χ3n) is 4.23. The van der Waals surface area contributed by atoms with Crippen LogP contribution in [0.4, 0.5) is 4.39 Å². The van der Waals surface area contributed by atoms with E-state index < -0.39 is 17.9 Å². The molecular weight excluding hydrogens is 343 g/mol. The van der Waals surface area contributed by atoms with E-state index in [9.17, 15) is 14.0 Å². The lowest BCUT2D eigenvalue weighted by Gasteiger charge is -2.16. The molecule has 0 radical (unpaired) electrons. The molecule has 27 heavy (non-hydrogen) atoms. The number of hydrogen-bond acceptors (Lipinski definition) is 2. The summed E-state index contributed by atoms with van der Waals surface area (Å²) in [6.07, 6.45) is 0.319. The molecule has 3 aromatic carbocycles. The smallest absolute Gasteiger partial charge is 0.251 e. The summed E-state index contributed by atoms with van der Waals surface area (Å²) in [6, 6.07) is 21.5. The van der Waals surface area contributed by atoms with Gasteiger partial charge in [-0.05, 0) is 41.0 Å². The maximum atomic E-state index is 13.1. The van der Waals surface area contributed by atoms with E-state index in [-0.39, 0.29) is 5.82 Å². The second-order valence-corrected chi connectivity index (χ2v) is 6.21. The number of carbonyl (C=O) groups excluding carboxylic acids is 2. The SMILES string of the molecule is NC(=O)[C@H](Cc1ccccc1)NC(=O)c1cccc(-c2ccc(F)cc2)c1. The highest BCUT2D eigenvalue weighted by Crippen LogP contribution is 2.21. The molecular formula is C22H19FN2O2. The van der Waals surface area contributed by atoms with Gasteiger partial charge in [0.15, 0.2) is 0 Å². The van der Waals surface area contributed by atoms with Gasteiger partial charge in [-0.1, -0.05) is 54.6 Å². The zero-order chi connectivity index (χ0) is 19.2. The molecule has 5 heteroatoms. The van der Waals surface area contributed by atoms with Crippen molar-refractivity contribution in [3.8, 4) is 11.1 Å². The second-order valence-electron chi connectivity index (χ2n) is 6.21. The van der Waals surface area contributed by atoms with Gasteiger partial charge < -0.3 is 11.1 Å². The lowest BCUT2D eigenvalue weighted by atomic mass is 10.0. The summed E-state index contributed by atoms with van der Waals surface area (Å²) >= 11 is 0. The first kappa shape index (κ1) is 18.3. The molecule has 0 spiro atoms. The van der Waals surface area contributed by atoms with Crippen LogP contribution in [0.2, 0.25) is 0 Å². The molecule has 3 aromatic rings. The third-order valence-corrected chi connectivity index (χ3v) is 4.23. The Hall–Kier alpha value is -3.47. The number of rotatable bonds is 6. The Kier molecular flexibility index (Phi) is 5.61. The zero-order valence-corrected chi connectivity index (χ0v) is 14.6. The van der Waals surface area contributed by atoms with Gasteiger partial charge in [-0.2, -0.15) is 0 Å². The van der Waals surface area contributed by atoms with E-state index in [1.165, 1.54) is 12.1 Å². The van der Waals surface area contributed by atoms with Gasteiger partial charge in [0.05, 0.1) is 0 Å². The number of halogens is 1. The standard InChI is InChI=1S/C22H19FN2O2/c23-19-11-9-16(10-12-19)17-7-4-8-18(14-17)22(27)25-20(21(24)26)13-15-5-2-1-3-6-15/h1-12,14,20H,13H2,(H2,24,26)(H,25,27)/t20-/m0/s1. The molecule has 2 amide bonds. The minimum atomic E-state index is -0.811. The molecule has 0 aliphatic carbocycles. The van der Waals surface area contributed by atoms with E-state index in [1.807, 2.05) is 36.4 Å². The second kappa shape index (κ2) is 8.27. The molecule has 3 rings (SSSR count). The van der Waals surface area contributed by atoms with Crippen LogP contribution in [0, 0.1) is 5.82 Å². The van der Waals surface area contributed by atoms with Crippen LogP contribution in [0.3, 0.4) is 0 Å². The van der Waals surface area contributed by atoms with Gasteiger partial charge in [-0.25, -0.2) is 4.39 Å². The van der Waals surface area contributed by atoms with Crippen molar-refractivity contribution in [3.63, 3.8) is 0 Å². The molecule has 0 aliphatic rings. The van der Waals surface area contributed by atoms with Gasteiger partial charge in [0.2, 0.25) is 5.91 Å². The summed E-state index contributed by atoms with van der Waals surface area (Å²) in [6.45, 7) is 0. The average molecular weight is 362 g/mol. The molecule has 0 aromatic heterocycles. The Morgan fingerprint density at radius 2 is 1.59 bits per heavy atom. The molecule has 0 bridgehead atoms. The zero-order valence-electron chi connectivity index (χ0n) is 14.6. The molecule has 0 fully saturated rings. The van der Waals surface area contributed by atoms with Crippen LogP contribution in [0.5, 0.6) is 0 Å². The molecule has 0 saturated heterocycles. The third kappa shape index (κ3) is 4.79. The fourth-order valence-corrected chi connectivity index (χ4v) is 2.80. The summed E-state index contributed by atoms with van der Waals surface area (Å²) in [7, 11) is 0. The van der Waals surface area contributed by atoms with Crippen molar-refractivity contribution in [3.05, 3.63) is 95.8 Å². The lowest BCUT2D eigenvalue weighted by molar-refractivity contribution is -0.119. The minimum absolute atomic E-state index is 0.319. The summed E-state index contributed by atoms with van der Waals surface area (Å²) in [5, 5.41) is 2.70. The van der Waals surface area contributed by atoms with E-state index in [2.05, 4.69) is 5.32 Å². The van der Waals surface area contributed by atoms with Crippen LogP contribution < -0.4 is 11.1 Å². The van der Waals surface area contributed by atoms with E-state index in [4.69, 9.17) is 5.73 Å². The van der Waals surface area contributed by atoms with Gasteiger partial charge in [0.1, 0.15) is 11.9 Å². The first-order chi connectivity index (χ1) is 13.0. The van der Waals surface area contributed by atoms with Crippen LogP contribution in [0.1, 0.15) is 15.9 Å². The van der Waals surface area contributed by atoms with Crippen molar-refractivity contribution in [1.82, 2.24) is 5.32 Å². The monoisotopic (exact) mass is 362 g/mol. The number of carbonyl (C=O) groups is 2. The summed E-state index contributed by atoms with van der Waals surface area (Å²) in [4.78, 5) is 24.4. The number of primary amides is 1. The Morgan fingerprint density at radius 3 is 2.26 bits per heavy atom. The molecule has 0 heterocycles. The Bertz CT molecular complexity index is 940. The molecule has 4 nitrogen and oxygen atoms in total. The van der Waals surface area contributed by atoms with Crippen molar-refractivity contribution >= 4 is 11.8 Å². The topological polar surface area (TPSA) is 72.2 Å². The van der Waals surface area contributed by atoms with Gasteiger partial charge in [0.25, 0.3) is 5.91 Å². The maximum absolute atomic E-state index is 13.1. The van der Waals surface area contributed by atoms with Crippen LogP contribution in [-0.2, 0) is 11.2 Å². The van der Waals surface area contributed by atoms with E-state index in [1.54, 1.807) is 30.3 Å². The summed E-state index contributed by atoms with van der Waals surface area (Å²) < 4.78 is 13.1. The van der Waals surface area contributed by atoms with Crippen molar-refractivity contribution in [2.75, 3.05) is 0 Å². The van der Waals surface area contributed by atoms with Crippen LogP contribution in [0.25, 0.3) is 11.1 Å². The Labute approximate surface area is 156 Å². The van der Waals surface area contributed by atoms with Gasteiger partial charge in [0, 0.05) is 12.0 Å². The fourth-order valence-electron chi connectivity index (χ4n) is 2.80. The van der Waals surface area contributed by atoms with Crippen molar-refractivity contribution in [2.45, 2.75) is 12.5 Å². The molecule has 136 valence electrons. The highest BCUT2D eigenvalue weighted by Gasteiger charge is 2.19. The molecule has 0 saturated carbocycles. The largest absolute Gasteiger partial charge is 0.368 e. The van der Waals surface area contributed by atoms with Gasteiger partial charge in [-0.3, -0.25) is 9.59 Å². The van der Waals surface area contributed by atoms with E-state index in [0.29, 0.717) is 12.0 Å². The predicted molar refractivity (Wildman–Crippen MR) is 102 cm³/mol. The predicted octanol–water partition coefficient (Wildman–Crippen LogP) is 3.32. The maximum Gasteiger partial charge on any atom is 0.251 e. The van der Waals surface area contributed by atoms with Crippen molar-refractivity contribution in [2.24, 2.45) is 5.73 Å². The molecule has 1 atom stereocenters. The molecule has 3 N–H and O–H groups in total. The highest BCUT2D eigenvalue weighted by atomic mass is 19.1. The highest BCUT2D eigenvalue weighted by molar-refractivity contribution is 5.98. The number of nitrogens with one attached hydrogen (secondary N) is 1. The Morgan fingerprint density at radius 1 is 0.889 bits per heavy atom. The number of hydrogen-bond donors (Lipinski definition) is 2. The number of nitrogens with two attached hydrogens (primary N) is 1. The quantitative estimate of drug-likeness (QED) is 0.706. The van der Waals surface area contributed by atoms with Crippen LogP contribution in [0.15, 0.2) is 78.9 Å². The molecule has 0 unspecified atom stereocenters. The normalized spacial score (nSPS) is 11.6. The van der Waals surface area contributed by atoms with Crippen LogP contribution >= 0.6 is 0 Å². The lowest BCUT2D eigenvalue weighted by Crippen LogP contribution is -2.45. The fraction of sp³-hybridized carbons (Fsp3) is 0.0909. The van der Waals surface area contributed by atoms with E-state index in [0.717, 1.165) is 16.7 Å². The number of amides is 2. The van der Waals surface area contributed by atoms with Gasteiger partial charge in [-0.15, -0.1) is 0 Å². The van der Waals surface area contributed by atoms with Crippen molar-refractivity contribution < 1.29 is 14.0 Å². The Balaban J connectivity index is 1.77. The first-order valence-electron chi connectivity index (χ1n) is 8.53. The van der Waals surface area contributed by atoms with E-state index >= 15 is 0 Å². The summed E-state index contributed by atoms with van der Waals surface area (Å²) in [5.74, 6) is -1.31. The van der Waals surface area contributed by atoms with Crippen molar-refractivity contribution in [1.29, 1.82) is 0 Å². The summed E-state index contributed by atoms with van der Waals surface area (Å²) in [5.41, 5.74) is 8.33. The minimum Gasteiger partial charge on any atom is -0.368 e.